The highest BCUT2D eigenvalue weighted by molar-refractivity contribution is 4.72. The van der Waals surface area contributed by atoms with Crippen LogP contribution in [0.4, 0.5) is 13.2 Å². The lowest BCUT2D eigenvalue weighted by Crippen LogP contribution is -2.40. The van der Waals surface area contributed by atoms with Gasteiger partial charge in [0, 0.05) is 13.1 Å². The molecule has 0 amide bonds. The molecule has 98 valence electrons. The Hall–Kier alpha value is -0.330. The first-order valence-electron chi connectivity index (χ1n) is 5.37. The average Bonchev–Trinajstić information content (AvgIpc) is 2.11. The number of nitrogens with two attached hydrogens (primary N) is 1. The SMILES string of the molecule is CN(C)CCCN(C)CC(CN)C(F)(F)F. The van der Waals surface area contributed by atoms with Crippen molar-refractivity contribution in [3.8, 4) is 0 Å². The second-order valence-electron chi connectivity index (χ2n) is 4.39. The van der Waals surface area contributed by atoms with Gasteiger partial charge < -0.3 is 15.5 Å². The van der Waals surface area contributed by atoms with E-state index in [4.69, 9.17) is 5.73 Å². The number of nitrogens with zero attached hydrogens (tertiary/aromatic N) is 2. The molecule has 0 aliphatic rings. The summed E-state index contributed by atoms with van der Waals surface area (Å²) in [5.41, 5.74) is 5.13. The molecule has 0 saturated carbocycles. The molecule has 0 heterocycles. The second-order valence-corrected chi connectivity index (χ2v) is 4.39. The molecule has 0 aromatic carbocycles. The van der Waals surface area contributed by atoms with Crippen molar-refractivity contribution in [1.29, 1.82) is 0 Å². The Balaban J connectivity index is 3.88. The van der Waals surface area contributed by atoms with Crippen LogP contribution in [0.5, 0.6) is 0 Å². The Labute approximate surface area is 95.4 Å². The molecule has 2 N–H and O–H groups in total. The molecule has 16 heavy (non-hydrogen) atoms. The monoisotopic (exact) mass is 241 g/mol. The quantitative estimate of drug-likeness (QED) is 0.722. The summed E-state index contributed by atoms with van der Waals surface area (Å²) in [5, 5.41) is 0. The fraction of sp³-hybridized carbons (Fsp3) is 1.00. The molecule has 0 radical (unpaired) electrons. The van der Waals surface area contributed by atoms with E-state index in [9.17, 15) is 13.2 Å². The van der Waals surface area contributed by atoms with Gasteiger partial charge in [-0.15, -0.1) is 0 Å². The largest absolute Gasteiger partial charge is 0.394 e. The summed E-state index contributed by atoms with van der Waals surface area (Å²) in [6.45, 7) is 1.17. The van der Waals surface area contributed by atoms with Gasteiger partial charge in [0.25, 0.3) is 0 Å². The van der Waals surface area contributed by atoms with E-state index in [1.807, 2.05) is 19.0 Å². The van der Waals surface area contributed by atoms with Crippen molar-refractivity contribution in [2.75, 3.05) is 47.3 Å². The minimum Gasteiger partial charge on any atom is -0.330 e. The van der Waals surface area contributed by atoms with Crippen LogP contribution in [0.15, 0.2) is 0 Å². The minimum absolute atomic E-state index is 0.0204. The first-order valence-corrected chi connectivity index (χ1v) is 5.37. The molecule has 0 fully saturated rings. The van der Waals surface area contributed by atoms with Gasteiger partial charge in [0.2, 0.25) is 0 Å². The van der Waals surface area contributed by atoms with Gasteiger partial charge >= 0.3 is 6.18 Å². The summed E-state index contributed by atoms with van der Waals surface area (Å²) in [6.07, 6.45) is -3.33. The van der Waals surface area contributed by atoms with Gasteiger partial charge in [-0.3, -0.25) is 0 Å². The molecule has 0 aromatic heterocycles. The van der Waals surface area contributed by atoms with Crippen LogP contribution >= 0.6 is 0 Å². The lowest BCUT2D eigenvalue weighted by Gasteiger charge is -2.25. The zero-order valence-corrected chi connectivity index (χ0v) is 10.2. The number of halogens is 3. The summed E-state index contributed by atoms with van der Waals surface area (Å²) in [5.74, 6) is -1.42. The van der Waals surface area contributed by atoms with Gasteiger partial charge in [-0.1, -0.05) is 0 Å². The summed E-state index contributed by atoms with van der Waals surface area (Å²) in [7, 11) is 5.58. The van der Waals surface area contributed by atoms with E-state index in [1.54, 1.807) is 11.9 Å². The maximum Gasteiger partial charge on any atom is 0.394 e. The zero-order valence-electron chi connectivity index (χ0n) is 10.2. The third kappa shape index (κ3) is 7.03. The Morgan fingerprint density at radius 2 is 1.69 bits per heavy atom. The molecule has 0 saturated heterocycles. The van der Waals surface area contributed by atoms with E-state index >= 15 is 0 Å². The van der Waals surface area contributed by atoms with Crippen LogP contribution in [0.3, 0.4) is 0 Å². The van der Waals surface area contributed by atoms with Crippen molar-refractivity contribution in [3.63, 3.8) is 0 Å². The van der Waals surface area contributed by atoms with E-state index < -0.39 is 12.1 Å². The topological polar surface area (TPSA) is 32.5 Å². The predicted octanol–water partition coefficient (Wildman–Crippen LogP) is 1.01. The Bertz CT molecular complexity index is 183. The van der Waals surface area contributed by atoms with Gasteiger partial charge in [0.15, 0.2) is 0 Å². The Morgan fingerprint density at radius 1 is 1.12 bits per heavy atom. The molecule has 0 rings (SSSR count). The van der Waals surface area contributed by atoms with Crippen LogP contribution in [-0.4, -0.2) is 63.3 Å². The molecular formula is C10H22F3N3. The van der Waals surface area contributed by atoms with Gasteiger partial charge in [-0.25, -0.2) is 0 Å². The van der Waals surface area contributed by atoms with Crippen LogP contribution in [0.1, 0.15) is 6.42 Å². The van der Waals surface area contributed by atoms with Crippen LogP contribution in [-0.2, 0) is 0 Å². The normalized spacial score (nSPS) is 14.8. The van der Waals surface area contributed by atoms with Crippen LogP contribution in [0.2, 0.25) is 0 Å². The summed E-state index contributed by atoms with van der Waals surface area (Å²) in [4.78, 5) is 3.70. The molecule has 1 unspecified atom stereocenters. The molecule has 1 atom stereocenters. The van der Waals surface area contributed by atoms with E-state index in [0.29, 0.717) is 6.54 Å². The molecule has 0 aliphatic heterocycles. The average molecular weight is 241 g/mol. The first-order chi connectivity index (χ1) is 7.27. The first kappa shape index (κ1) is 15.7. The molecular weight excluding hydrogens is 219 g/mol. The smallest absolute Gasteiger partial charge is 0.330 e. The fourth-order valence-electron chi connectivity index (χ4n) is 1.44. The molecule has 3 nitrogen and oxygen atoms in total. The van der Waals surface area contributed by atoms with Gasteiger partial charge in [-0.2, -0.15) is 13.2 Å². The number of rotatable bonds is 7. The van der Waals surface area contributed by atoms with Crippen LogP contribution in [0, 0.1) is 5.92 Å². The van der Waals surface area contributed by atoms with Crippen molar-refractivity contribution >= 4 is 0 Å². The predicted molar refractivity (Wildman–Crippen MR) is 59.3 cm³/mol. The molecule has 0 aromatic rings. The standard InChI is InChI=1S/C10H22F3N3/c1-15(2)5-4-6-16(3)8-9(7-14)10(11,12)13/h9H,4-8,14H2,1-3H3. The van der Waals surface area contributed by atoms with Crippen molar-refractivity contribution in [2.45, 2.75) is 12.6 Å². The number of hydrogen-bond acceptors (Lipinski definition) is 3. The third-order valence-electron chi connectivity index (χ3n) is 2.42. The van der Waals surface area contributed by atoms with Crippen molar-refractivity contribution in [1.82, 2.24) is 9.80 Å². The molecule has 0 aliphatic carbocycles. The highest BCUT2D eigenvalue weighted by Crippen LogP contribution is 2.25. The number of alkyl halides is 3. The van der Waals surface area contributed by atoms with E-state index in [0.717, 1.165) is 13.0 Å². The van der Waals surface area contributed by atoms with E-state index in [-0.39, 0.29) is 13.1 Å². The van der Waals surface area contributed by atoms with E-state index in [2.05, 4.69) is 0 Å². The maximum absolute atomic E-state index is 12.4. The lowest BCUT2D eigenvalue weighted by molar-refractivity contribution is -0.175. The van der Waals surface area contributed by atoms with Gasteiger partial charge in [0.05, 0.1) is 5.92 Å². The summed E-state index contributed by atoms with van der Waals surface area (Å²) < 4.78 is 37.2. The molecule has 6 heteroatoms. The van der Waals surface area contributed by atoms with Gasteiger partial charge in [0.1, 0.15) is 0 Å². The van der Waals surface area contributed by atoms with Crippen LogP contribution < -0.4 is 5.73 Å². The highest BCUT2D eigenvalue weighted by atomic mass is 19.4. The Morgan fingerprint density at radius 3 is 2.06 bits per heavy atom. The zero-order chi connectivity index (χ0) is 12.8. The fourth-order valence-corrected chi connectivity index (χ4v) is 1.44. The second kappa shape index (κ2) is 7.09. The highest BCUT2D eigenvalue weighted by Gasteiger charge is 2.38. The Kier molecular flexibility index (Phi) is 6.94. The third-order valence-corrected chi connectivity index (χ3v) is 2.42. The van der Waals surface area contributed by atoms with E-state index in [1.165, 1.54) is 0 Å². The molecule has 0 spiro atoms. The summed E-state index contributed by atoms with van der Waals surface area (Å²) >= 11 is 0. The maximum atomic E-state index is 12.4. The van der Waals surface area contributed by atoms with Crippen molar-refractivity contribution in [3.05, 3.63) is 0 Å². The summed E-state index contributed by atoms with van der Waals surface area (Å²) in [6, 6.07) is 0. The molecule has 0 bridgehead atoms. The van der Waals surface area contributed by atoms with Crippen LogP contribution in [0.25, 0.3) is 0 Å². The van der Waals surface area contributed by atoms with Gasteiger partial charge in [-0.05, 0) is 40.7 Å². The van der Waals surface area contributed by atoms with Crippen molar-refractivity contribution in [2.24, 2.45) is 11.7 Å². The number of hydrogen-bond donors (Lipinski definition) is 1. The minimum atomic E-state index is -4.19. The lowest BCUT2D eigenvalue weighted by atomic mass is 10.1. The van der Waals surface area contributed by atoms with Crippen molar-refractivity contribution < 1.29 is 13.2 Å².